The number of nitrogens with one attached hydrogen (secondary N) is 2. The second-order valence-corrected chi connectivity index (χ2v) is 5.97. The average Bonchev–Trinajstić information content (AvgIpc) is 3.19. The Morgan fingerprint density at radius 3 is 2.63 bits per heavy atom. The van der Waals surface area contributed by atoms with Gasteiger partial charge in [-0.15, -0.1) is 0 Å². The van der Waals surface area contributed by atoms with Gasteiger partial charge in [0.1, 0.15) is 11.4 Å². The minimum absolute atomic E-state index is 0.293. The first-order valence-electron chi connectivity index (χ1n) is 8.11. The predicted octanol–water partition coefficient (Wildman–Crippen LogP) is 4.08. The number of aromatic nitrogens is 2. The molecule has 0 unspecified atom stereocenters. The summed E-state index contributed by atoms with van der Waals surface area (Å²) in [6.45, 7) is 0. The molecule has 6 nitrogen and oxygen atoms in total. The molecule has 0 bridgehead atoms. The van der Waals surface area contributed by atoms with Crippen molar-refractivity contribution in [1.29, 1.82) is 0 Å². The Balaban J connectivity index is 1.61. The maximum Gasteiger partial charge on any atom is 0.289 e. The number of carbonyl (C=O) groups excluding carboxylic acids is 1. The topological polar surface area (TPSA) is 79.4 Å². The number of hydrogen-bond donors (Lipinski definition) is 2. The summed E-state index contributed by atoms with van der Waals surface area (Å²) in [5.74, 6) is 0.338. The molecule has 2 N–H and O–H groups in total. The number of rotatable bonds is 6. The summed E-state index contributed by atoms with van der Waals surface area (Å²) in [5.41, 5.74) is 5.16. The van der Waals surface area contributed by atoms with Crippen LogP contribution in [0.15, 0.2) is 70.8 Å². The third-order valence-corrected chi connectivity index (χ3v) is 3.87. The normalized spacial score (nSPS) is 11.6. The van der Waals surface area contributed by atoms with Crippen LogP contribution in [-0.2, 0) is 0 Å². The SMILES string of the molecule is COc1ccc(-c2cc(C(=O)NN=CC(Cl)=Cc3ccccc3)[nH]n2)cc1. The van der Waals surface area contributed by atoms with Crippen molar-refractivity contribution in [1.82, 2.24) is 15.6 Å². The van der Waals surface area contributed by atoms with Crippen LogP contribution in [0, 0.1) is 0 Å². The number of hydrazone groups is 1. The Labute approximate surface area is 161 Å². The summed E-state index contributed by atoms with van der Waals surface area (Å²) in [4.78, 5) is 12.2. The summed E-state index contributed by atoms with van der Waals surface area (Å²) in [6.07, 6.45) is 3.11. The van der Waals surface area contributed by atoms with Crippen molar-refractivity contribution in [2.24, 2.45) is 5.10 Å². The van der Waals surface area contributed by atoms with Gasteiger partial charge in [-0.25, -0.2) is 5.43 Å². The number of nitrogens with zero attached hydrogens (tertiary/aromatic N) is 2. The van der Waals surface area contributed by atoms with Crippen molar-refractivity contribution >= 4 is 29.8 Å². The molecule has 0 aliphatic heterocycles. The number of amides is 1. The molecule has 7 heteroatoms. The number of H-pyrrole nitrogens is 1. The van der Waals surface area contributed by atoms with Crippen molar-refractivity contribution in [3.8, 4) is 17.0 Å². The minimum Gasteiger partial charge on any atom is -0.497 e. The standard InChI is InChI=1S/C20H17ClN4O2/c1-27-17-9-7-15(8-10-17)18-12-19(24-23-18)20(26)25-22-13-16(21)11-14-5-3-2-4-6-14/h2-13H,1H3,(H,23,24)(H,25,26). The third kappa shape index (κ3) is 5.05. The summed E-state index contributed by atoms with van der Waals surface area (Å²) in [7, 11) is 1.60. The van der Waals surface area contributed by atoms with Crippen LogP contribution < -0.4 is 10.2 Å². The van der Waals surface area contributed by atoms with Crippen LogP contribution in [0.25, 0.3) is 17.3 Å². The summed E-state index contributed by atoms with van der Waals surface area (Å²) >= 11 is 6.08. The zero-order valence-electron chi connectivity index (χ0n) is 14.5. The molecule has 136 valence electrons. The van der Waals surface area contributed by atoms with Crippen LogP contribution in [0.1, 0.15) is 16.1 Å². The number of methoxy groups -OCH3 is 1. The van der Waals surface area contributed by atoms with E-state index in [4.69, 9.17) is 16.3 Å². The van der Waals surface area contributed by atoms with Gasteiger partial charge >= 0.3 is 0 Å². The second-order valence-electron chi connectivity index (χ2n) is 5.53. The van der Waals surface area contributed by atoms with Gasteiger partial charge in [0.25, 0.3) is 5.91 Å². The zero-order valence-corrected chi connectivity index (χ0v) is 15.3. The summed E-state index contributed by atoms with van der Waals surface area (Å²) in [6, 6.07) is 18.6. The van der Waals surface area contributed by atoms with Crippen LogP contribution in [0.2, 0.25) is 0 Å². The van der Waals surface area contributed by atoms with Crippen LogP contribution in [-0.4, -0.2) is 29.4 Å². The average molecular weight is 381 g/mol. The smallest absolute Gasteiger partial charge is 0.289 e. The Hall–Kier alpha value is -3.38. The van der Waals surface area contributed by atoms with Crippen LogP contribution in [0.3, 0.4) is 0 Å². The minimum atomic E-state index is -0.414. The second kappa shape index (κ2) is 8.82. The Morgan fingerprint density at radius 1 is 1.19 bits per heavy atom. The van der Waals surface area contributed by atoms with Gasteiger partial charge in [0.05, 0.1) is 24.1 Å². The Kier molecular flexibility index (Phi) is 6.02. The van der Waals surface area contributed by atoms with E-state index in [1.165, 1.54) is 6.21 Å². The molecule has 27 heavy (non-hydrogen) atoms. The molecule has 0 saturated heterocycles. The van der Waals surface area contributed by atoms with Crippen LogP contribution in [0.4, 0.5) is 0 Å². The van der Waals surface area contributed by atoms with Crippen molar-refractivity contribution in [3.63, 3.8) is 0 Å². The fourth-order valence-corrected chi connectivity index (χ4v) is 2.48. The molecule has 0 atom stereocenters. The molecule has 0 aliphatic rings. The summed E-state index contributed by atoms with van der Waals surface area (Å²) < 4.78 is 5.13. The molecule has 0 fully saturated rings. The molecule has 0 aliphatic carbocycles. The van der Waals surface area contributed by atoms with Gasteiger partial charge in [-0.3, -0.25) is 9.89 Å². The number of carbonyl (C=O) groups is 1. The largest absolute Gasteiger partial charge is 0.497 e. The Bertz CT molecular complexity index is 963. The first kappa shape index (κ1) is 18.4. The monoisotopic (exact) mass is 380 g/mol. The molecule has 1 aromatic heterocycles. The van der Waals surface area contributed by atoms with Crippen LogP contribution >= 0.6 is 11.6 Å². The third-order valence-electron chi connectivity index (χ3n) is 3.67. The predicted molar refractivity (Wildman–Crippen MR) is 107 cm³/mol. The number of hydrogen-bond acceptors (Lipinski definition) is 4. The van der Waals surface area contributed by atoms with E-state index in [0.29, 0.717) is 16.4 Å². The lowest BCUT2D eigenvalue weighted by Gasteiger charge is -2.00. The van der Waals surface area contributed by atoms with Gasteiger partial charge in [-0.05, 0) is 42.0 Å². The van der Waals surface area contributed by atoms with Gasteiger partial charge in [0.2, 0.25) is 0 Å². The summed E-state index contributed by atoms with van der Waals surface area (Å²) in [5, 5.41) is 11.1. The van der Waals surface area contributed by atoms with E-state index in [2.05, 4.69) is 20.7 Å². The highest BCUT2D eigenvalue weighted by molar-refractivity contribution is 6.41. The number of benzene rings is 2. The lowest BCUT2D eigenvalue weighted by molar-refractivity contribution is 0.0950. The highest BCUT2D eigenvalue weighted by Gasteiger charge is 2.10. The molecule has 1 amide bonds. The van der Waals surface area contributed by atoms with Crippen molar-refractivity contribution < 1.29 is 9.53 Å². The van der Waals surface area contributed by atoms with Crippen molar-refractivity contribution in [2.75, 3.05) is 7.11 Å². The lowest BCUT2D eigenvalue weighted by Crippen LogP contribution is -2.17. The van der Waals surface area contributed by atoms with E-state index in [1.807, 2.05) is 54.6 Å². The molecule has 0 spiro atoms. The number of aromatic amines is 1. The van der Waals surface area contributed by atoms with E-state index in [1.54, 1.807) is 19.3 Å². The van der Waals surface area contributed by atoms with Gasteiger partial charge in [0, 0.05) is 5.56 Å². The number of ether oxygens (including phenoxy) is 1. The van der Waals surface area contributed by atoms with E-state index in [-0.39, 0.29) is 0 Å². The maximum absolute atomic E-state index is 12.2. The Morgan fingerprint density at radius 2 is 1.93 bits per heavy atom. The molecule has 0 saturated carbocycles. The number of halogens is 1. The van der Waals surface area contributed by atoms with E-state index in [9.17, 15) is 4.79 Å². The molecule has 3 rings (SSSR count). The quantitative estimate of drug-likeness (QED) is 0.499. The van der Waals surface area contributed by atoms with Gasteiger partial charge in [-0.2, -0.15) is 10.2 Å². The van der Waals surface area contributed by atoms with E-state index >= 15 is 0 Å². The molecular weight excluding hydrogens is 364 g/mol. The van der Waals surface area contributed by atoms with Gasteiger partial charge < -0.3 is 4.74 Å². The first-order chi connectivity index (χ1) is 13.2. The van der Waals surface area contributed by atoms with Crippen molar-refractivity contribution in [3.05, 3.63) is 77.0 Å². The lowest BCUT2D eigenvalue weighted by atomic mass is 10.1. The van der Waals surface area contributed by atoms with E-state index in [0.717, 1.165) is 16.9 Å². The molecule has 1 heterocycles. The molecule has 2 aromatic carbocycles. The molecular formula is C20H17ClN4O2. The fourth-order valence-electron chi connectivity index (χ4n) is 2.31. The van der Waals surface area contributed by atoms with Gasteiger partial charge in [0.15, 0.2) is 0 Å². The fraction of sp³-hybridized carbons (Fsp3) is 0.0500. The van der Waals surface area contributed by atoms with E-state index < -0.39 is 5.91 Å². The highest BCUT2D eigenvalue weighted by atomic mass is 35.5. The van der Waals surface area contributed by atoms with Gasteiger partial charge in [-0.1, -0.05) is 41.9 Å². The first-order valence-corrected chi connectivity index (χ1v) is 8.49. The van der Waals surface area contributed by atoms with Crippen molar-refractivity contribution in [2.45, 2.75) is 0 Å². The molecule has 3 aromatic rings. The molecule has 0 radical (unpaired) electrons. The number of allylic oxidation sites excluding steroid dienone is 1. The maximum atomic E-state index is 12.2. The highest BCUT2D eigenvalue weighted by Crippen LogP contribution is 2.21. The zero-order chi connectivity index (χ0) is 19.1. The van der Waals surface area contributed by atoms with Crippen LogP contribution in [0.5, 0.6) is 5.75 Å².